The van der Waals surface area contributed by atoms with Crippen LogP contribution < -0.4 is 21.3 Å². The van der Waals surface area contributed by atoms with Crippen molar-refractivity contribution in [2.45, 2.75) is 13.3 Å². The fourth-order valence-electron chi connectivity index (χ4n) is 1.62. The van der Waals surface area contributed by atoms with E-state index < -0.39 is 10.0 Å². The standard InChI is InChI=1S/C12H20N4O3S/c1-9-8-10(4-5-11(9)16-13)12(17)14-6-3-7-15-20(2,18)19/h4-5,8,15-16H,3,6-7,13H2,1-2H3,(H,14,17). The molecule has 8 heteroatoms. The monoisotopic (exact) mass is 300 g/mol. The number of aryl methyl sites for hydroxylation is 1. The van der Waals surface area contributed by atoms with Crippen molar-refractivity contribution in [3.63, 3.8) is 0 Å². The molecule has 0 bridgehead atoms. The van der Waals surface area contributed by atoms with Gasteiger partial charge >= 0.3 is 0 Å². The van der Waals surface area contributed by atoms with Crippen LogP contribution in [0.15, 0.2) is 18.2 Å². The van der Waals surface area contributed by atoms with Crippen LogP contribution in [0.25, 0.3) is 0 Å². The molecule has 0 unspecified atom stereocenters. The molecule has 0 aliphatic rings. The number of nitrogen functional groups attached to an aromatic ring is 1. The molecule has 1 amide bonds. The van der Waals surface area contributed by atoms with Crippen molar-refractivity contribution in [1.82, 2.24) is 10.0 Å². The van der Waals surface area contributed by atoms with Gasteiger partial charge in [0.05, 0.1) is 11.9 Å². The van der Waals surface area contributed by atoms with Gasteiger partial charge in [0.1, 0.15) is 0 Å². The number of carbonyl (C=O) groups excluding carboxylic acids is 1. The summed E-state index contributed by atoms with van der Waals surface area (Å²) in [5.41, 5.74) is 4.71. The van der Waals surface area contributed by atoms with Crippen LogP contribution in [0, 0.1) is 6.92 Å². The lowest BCUT2D eigenvalue weighted by molar-refractivity contribution is 0.0953. The molecule has 0 radical (unpaired) electrons. The molecular formula is C12H20N4O3S. The molecule has 20 heavy (non-hydrogen) atoms. The molecule has 0 saturated carbocycles. The SMILES string of the molecule is Cc1cc(C(=O)NCCCNS(C)(=O)=O)ccc1NN. The van der Waals surface area contributed by atoms with Crippen LogP contribution in [0.3, 0.4) is 0 Å². The summed E-state index contributed by atoms with van der Waals surface area (Å²) in [7, 11) is -3.17. The Morgan fingerprint density at radius 3 is 2.55 bits per heavy atom. The third-order valence-corrected chi connectivity index (χ3v) is 3.38. The minimum atomic E-state index is -3.17. The number of nitrogens with two attached hydrogens (primary N) is 1. The van der Waals surface area contributed by atoms with Crippen LogP contribution in [0.4, 0.5) is 5.69 Å². The molecule has 0 atom stereocenters. The third-order valence-electron chi connectivity index (χ3n) is 2.65. The van der Waals surface area contributed by atoms with Gasteiger partial charge in [0, 0.05) is 18.7 Å². The Balaban J connectivity index is 2.42. The van der Waals surface area contributed by atoms with E-state index in [-0.39, 0.29) is 5.91 Å². The van der Waals surface area contributed by atoms with Crippen LogP contribution in [0.2, 0.25) is 0 Å². The molecule has 1 rings (SSSR count). The smallest absolute Gasteiger partial charge is 0.251 e. The molecular weight excluding hydrogens is 280 g/mol. The molecule has 0 fully saturated rings. The summed E-state index contributed by atoms with van der Waals surface area (Å²) in [4.78, 5) is 11.9. The predicted molar refractivity (Wildman–Crippen MR) is 78.8 cm³/mol. The summed E-state index contributed by atoms with van der Waals surface area (Å²) in [5.74, 6) is 5.12. The Bertz CT molecular complexity index is 572. The highest BCUT2D eigenvalue weighted by atomic mass is 32.2. The first-order valence-electron chi connectivity index (χ1n) is 6.13. The first-order chi connectivity index (χ1) is 9.33. The van der Waals surface area contributed by atoms with Crippen molar-refractivity contribution in [2.24, 2.45) is 5.84 Å². The Labute approximate surface area is 119 Å². The van der Waals surface area contributed by atoms with E-state index in [2.05, 4.69) is 15.5 Å². The number of sulfonamides is 1. The molecule has 0 heterocycles. The van der Waals surface area contributed by atoms with Gasteiger partial charge in [0.15, 0.2) is 0 Å². The number of rotatable bonds is 7. The quantitative estimate of drug-likeness (QED) is 0.320. The maximum absolute atomic E-state index is 11.9. The van der Waals surface area contributed by atoms with Crippen molar-refractivity contribution >= 4 is 21.6 Å². The van der Waals surface area contributed by atoms with Crippen LogP contribution >= 0.6 is 0 Å². The normalized spacial score (nSPS) is 11.2. The Kier molecular flexibility index (Phi) is 5.93. The summed E-state index contributed by atoms with van der Waals surface area (Å²) >= 11 is 0. The lowest BCUT2D eigenvalue weighted by atomic mass is 10.1. The van der Waals surface area contributed by atoms with Gasteiger partial charge in [0.2, 0.25) is 10.0 Å². The average Bonchev–Trinajstić information content (AvgIpc) is 2.36. The van der Waals surface area contributed by atoms with Gasteiger partial charge in [-0.15, -0.1) is 0 Å². The molecule has 0 aromatic heterocycles. The number of benzene rings is 1. The minimum absolute atomic E-state index is 0.198. The number of amides is 1. The highest BCUT2D eigenvalue weighted by Gasteiger charge is 2.07. The topological polar surface area (TPSA) is 113 Å². The number of hydrogen-bond acceptors (Lipinski definition) is 5. The van der Waals surface area contributed by atoms with Gasteiger partial charge in [-0.1, -0.05) is 0 Å². The molecule has 1 aromatic rings. The maximum Gasteiger partial charge on any atom is 0.251 e. The second-order valence-corrected chi connectivity index (χ2v) is 6.28. The number of anilines is 1. The lowest BCUT2D eigenvalue weighted by Crippen LogP contribution is -2.29. The van der Waals surface area contributed by atoms with E-state index in [0.29, 0.717) is 25.1 Å². The maximum atomic E-state index is 11.9. The van der Waals surface area contributed by atoms with Crippen LogP contribution in [-0.4, -0.2) is 33.7 Å². The molecule has 0 aliphatic carbocycles. The van der Waals surface area contributed by atoms with Gasteiger partial charge < -0.3 is 10.7 Å². The molecule has 0 spiro atoms. The Morgan fingerprint density at radius 1 is 1.30 bits per heavy atom. The summed E-state index contributed by atoms with van der Waals surface area (Å²) in [6, 6.07) is 5.14. The summed E-state index contributed by atoms with van der Waals surface area (Å²) in [6.45, 7) is 2.55. The first kappa shape index (κ1) is 16.4. The second kappa shape index (κ2) is 7.22. The van der Waals surface area contributed by atoms with Crippen LogP contribution in [0.1, 0.15) is 22.3 Å². The van der Waals surface area contributed by atoms with Gasteiger partial charge in [-0.25, -0.2) is 13.1 Å². The molecule has 0 aliphatic heterocycles. The Hall–Kier alpha value is -1.64. The van der Waals surface area contributed by atoms with Crippen LogP contribution in [-0.2, 0) is 10.0 Å². The average molecular weight is 300 g/mol. The zero-order chi connectivity index (χ0) is 15.2. The van der Waals surface area contributed by atoms with Gasteiger partial charge in [-0.05, 0) is 37.1 Å². The lowest BCUT2D eigenvalue weighted by Gasteiger charge is -2.09. The fraction of sp³-hybridized carbons (Fsp3) is 0.417. The van der Waals surface area contributed by atoms with E-state index in [1.807, 2.05) is 6.92 Å². The van der Waals surface area contributed by atoms with Crippen LogP contribution in [0.5, 0.6) is 0 Å². The predicted octanol–water partition coefficient (Wildman–Crippen LogP) is -0.0503. The number of hydrogen-bond donors (Lipinski definition) is 4. The fourth-order valence-corrected chi connectivity index (χ4v) is 2.13. The van der Waals surface area contributed by atoms with Gasteiger partial charge in [-0.2, -0.15) is 0 Å². The summed E-state index contributed by atoms with van der Waals surface area (Å²) < 4.78 is 24.0. The van der Waals surface area contributed by atoms with Gasteiger partial charge in [0.25, 0.3) is 5.91 Å². The zero-order valence-corrected chi connectivity index (χ0v) is 12.4. The van der Waals surface area contributed by atoms with E-state index in [9.17, 15) is 13.2 Å². The third kappa shape index (κ3) is 5.55. The Morgan fingerprint density at radius 2 is 2.00 bits per heavy atom. The number of carbonyl (C=O) groups is 1. The molecule has 5 N–H and O–H groups in total. The van der Waals surface area contributed by atoms with E-state index in [1.54, 1.807) is 18.2 Å². The van der Waals surface area contributed by atoms with E-state index >= 15 is 0 Å². The summed E-state index contributed by atoms with van der Waals surface area (Å²) in [6.07, 6.45) is 1.63. The van der Waals surface area contributed by atoms with Crippen molar-refractivity contribution in [1.29, 1.82) is 0 Å². The highest BCUT2D eigenvalue weighted by molar-refractivity contribution is 7.88. The molecule has 1 aromatic carbocycles. The first-order valence-corrected chi connectivity index (χ1v) is 8.03. The van der Waals surface area contributed by atoms with Crippen molar-refractivity contribution in [3.05, 3.63) is 29.3 Å². The number of nitrogens with one attached hydrogen (secondary N) is 3. The molecule has 112 valence electrons. The van der Waals surface area contributed by atoms with Crippen molar-refractivity contribution in [2.75, 3.05) is 24.8 Å². The van der Waals surface area contributed by atoms with Crippen molar-refractivity contribution in [3.8, 4) is 0 Å². The highest BCUT2D eigenvalue weighted by Crippen LogP contribution is 2.14. The van der Waals surface area contributed by atoms with Gasteiger partial charge in [-0.3, -0.25) is 10.6 Å². The number of hydrazine groups is 1. The molecule has 0 saturated heterocycles. The zero-order valence-electron chi connectivity index (χ0n) is 11.6. The molecule has 7 nitrogen and oxygen atoms in total. The largest absolute Gasteiger partial charge is 0.352 e. The van der Waals surface area contributed by atoms with E-state index in [0.717, 1.165) is 17.5 Å². The summed E-state index contributed by atoms with van der Waals surface area (Å²) in [5, 5.41) is 2.72. The van der Waals surface area contributed by atoms with Crippen molar-refractivity contribution < 1.29 is 13.2 Å². The minimum Gasteiger partial charge on any atom is -0.352 e. The van der Waals surface area contributed by atoms with E-state index in [1.165, 1.54) is 0 Å². The second-order valence-electron chi connectivity index (χ2n) is 4.45. The van der Waals surface area contributed by atoms with E-state index in [4.69, 9.17) is 5.84 Å².